The number of nitrogens with two attached hydrogens (primary N) is 1. The number of nitrogen functional groups attached to an aromatic ring is 1. The number of hydrogen-bond acceptors (Lipinski definition) is 3. The third-order valence-electron chi connectivity index (χ3n) is 3.07. The van der Waals surface area contributed by atoms with Gasteiger partial charge in [0.05, 0.1) is 21.8 Å². The summed E-state index contributed by atoms with van der Waals surface area (Å²) in [5.41, 5.74) is 6.73. The number of halogens is 2. The largest absolute Gasteiger partial charge is 0.399 e. The molecule has 0 aromatic heterocycles. The van der Waals surface area contributed by atoms with Crippen LogP contribution in [-0.2, 0) is 0 Å². The minimum absolute atomic E-state index is 0.154. The second-order valence-electron chi connectivity index (χ2n) is 4.35. The Hall–Kier alpha value is -2.40. The smallest absolute Gasteiger partial charge is 0.266 e. The van der Waals surface area contributed by atoms with Crippen molar-refractivity contribution < 1.29 is 14.0 Å². The Morgan fingerprint density at radius 3 is 2.40 bits per heavy atom. The van der Waals surface area contributed by atoms with Gasteiger partial charge in [0, 0.05) is 5.69 Å². The molecule has 2 aromatic carbocycles. The summed E-state index contributed by atoms with van der Waals surface area (Å²) in [6, 6.07) is 8.16. The van der Waals surface area contributed by atoms with Crippen LogP contribution >= 0.6 is 11.6 Å². The molecule has 0 spiro atoms. The van der Waals surface area contributed by atoms with Crippen molar-refractivity contribution in [3.05, 3.63) is 58.4 Å². The minimum Gasteiger partial charge on any atom is -0.399 e. The maximum absolute atomic E-state index is 13.2. The second kappa shape index (κ2) is 4.31. The normalized spacial score (nSPS) is 13.8. The molecule has 0 unspecified atom stereocenters. The van der Waals surface area contributed by atoms with Gasteiger partial charge in [-0.05, 0) is 36.4 Å². The molecule has 0 fully saturated rings. The van der Waals surface area contributed by atoms with Gasteiger partial charge in [-0.2, -0.15) is 0 Å². The van der Waals surface area contributed by atoms with E-state index in [9.17, 15) is 14.0 Å². The Morgan fingerprint density at radius 1 is 1.00 bits per heavy atom. The van der Waals surface area contributed by atoms with Crippen LogP contribution in [0.2, 0.25) is 5.02 Å². The molecule has 0 atom stereocenters. The average molecular weight is 291 g/mol. The number of amides is 2. The lowest BCUT2D eigenvalue weighted by atomic mass is 10.1. The van der Waals surface area contributed by atoms with Crippen molar-refractivity contribution in [3.8, 4) is 0 Å². The predicted octanol–water partition coefficient (Wildman–Crippen LogP) is 2.86. The second-order valence-corrected chi connectivity index (χ2v) is 4.76. The van der Waals surface area contributed by atoms with Crippen molar-refractivity contribution in [1.82, 2.24) is 0 Å². The first-order chi connectivity index (χ1) is 9.49. The van der Waals surface area contributed by atoms with Gasteiger partial charge in [0.15, 0.2) is 0 Å². The zero-order chi connectivity index (χ0) is 14.4. The number of carbonyl (C=O) groups excluding carboxylic acids is 2. The molecule has 2 N–H and O–H groups in total. The van der Waals surface area contributed by atoms with Crippen molar-refractivity contribution in [3.63, 3.8) is 0 Å². The van der Waals surface area contributed by atoms with Crippen molar-refractivity contribution in [1.29, 1.82) is 0 Å². The van der Waals surface area contributed by atoms with E-state index >= 15 is 0 Å². The fourth-order valence-electron chi connectivity index (χ4n) is 2.12. The molecular weight excluding hydrogens is 283 g/mol. The first kappa shape index (κ1) is 12.6. The summed E-state index contributed by atoms with van der Waals surface area (Å²) < 4.78 is 13.2. The molecule has 4 nitrogen and oxygen atoms in total. The number of hydrogen-bond donors (Lipinski definition) is 1. The van der Waals surface area contributed by atoms with Crippen molar-refractivity contribution in [2.45, 2.75) is 0 Å². The Balaban J connectivity index is 2.11. The lowest BCUT2D eigenvalue weighted by Crippen LogP contribution is -2.29. The van der Waals surface area contributed by atoms with Crippen LogP contribution < -0.4 is 10.6 Å². The van der Waals surface area contributed by atoms with Gasteiger partial charge in [-0.3, -0.25) is 9.59 Å². The molecule has 0 saturated carbocycles. The number of nitrogens with zero attached hydrogens (tertiary/aromatic N) is 1. The molecule has 2 aromatic rings. The van der Waals surface area contributed by atoms with E-state index in [1.807, 2.05) is 0 Å². The predicted molar refractivity (Wildman–Crippen MR) is 73.4 cm³/mol. The highest BCUT2D eigenvalue weighted by Gasteiger charge is 2.36. The highest BCUT2D eigenvalue weighted by molar-refractivity contribution is 6.35. The number of rotatable bonds is 1. The summed E-state index contributed by atoms with van der Waals surface area (Å²) in [4.78, 5) is 25.5. The molecule has 6 heteroatoms. The van der Waals surface area contributed by atoms with Crippen LogP contribution in [0.5, 0.6) is 0 Å². The zero-order valence-electron chi connectivity index (χ0n) is 10.1. The molecule has 0 saturated heterocycles. The van der Waals surface area contributed by atoms with E-state index in [0.29, 0.717) is 5.69 Å². The number of benzene rings is 2. The third-order valence-corrected chi connectivity index (χ3v) is 3.36. The monoisotopic (exact) mass is 290 g/mol. The van der Waals surface area contributed by atoms with E-state index < -0.39 is 17.6 Å². The van der Waals surface area contributed by atoms with E-state index in [4.69, 9.17) is 17.3 Å². The van der Waals surface area contributed by atoms with Gasteiger partial charge < -0.3 is 5.73 Å². The van der Waals surface area contributed by atoms with Gasteiger partial charge in [-0.15, -0.1) is 0 Å². The molecule has 20 heavy (non-hydrogen) atoms. The lowest BCUT2D eigenvalue weighted by Gasteiger charge is -2.14. The molecule has 1 aliphatic heterocycles. The van der Waals surface area contributed by atoms with E-state index in [0.717, 1.165) is 11.0 Å². The van der Waals surface area contributed by atoms with Gasteiger partial charge >= 0.3 is 0 Å². The number of carbonyl (C=O) groups is 2. The molecule has 2 amide bonds. The highest BCUT2D eigenvalue weighted by atomic mass is 35.5. The van der Waals surface area contributed by atoms with Crippen molar-refractivity contribution >= 4 is 34.8 Å². The van der Waals surface area contributed by atoms with Gasteiger partial charge in [-0.1, -0.05) is 11.6 Å². The minimum atomic E-state index is -0.615. The summed E-state index contributed by atoms with van der Waals surface area (Å²) in [5.74, 6) is -1.59. The number of imide groups is 1. The first-order valence-corrected chi connectivity index (χ1v) is 6.10. The van der Waals surface area contributed by atoms with Crippen LogP contribution in [0.1, 0.15) is 20.7 Å². The Kier molecular flexibility index (Phi) is 2.72. The van der Waals surface area contributed by atoms with Crippen LogP contribution in [0.3, 0.4) is 0 Å². The van der Waals surface area contributed by atoms with Crippen LogP contribution in [0.4, 0.5) is 15.8 Å². The SMILES string of the molecule is Nc1ccc2c(c1)C(=O)N(c1ccc(F)c(Cl)c1)C2=O. The summed E-state index contributed by atoms with van der Waals surface area (Å²) >= 11 is 5.68. The molecule has 0 aliphatic carbocycles. The van der Waals surface area contributed by atoms with Crippen LogP contribution in [0.15, 0.2) is 36.4 Å². The standard InChI is InChI=1S/C14H8ClFN2O2/c15-11-6-8(2-4-12(11)16)18-13(19)9-3-1-7(17)5-10(9)14(18)20/h1-6H,17H2. The summed E-state index contributed by atoms with van der Waals surface area (Å²) in [7, 11) is 0. The highest BCUT2D eigenvalue weighted by Crippen LogP contribution is 2.31. The van der Waals surface area contributed by atoms with E-state index in [-0.39, 0.29) is 21.8 Å². The van der Waals surface area contributed by atoms with Crippen LogP contribution in [-0.4, -0.2) is 11.8 Å². The molecule has 1 heterocycles. The van der Waals surface area contributed by atoms with E-state index in [1.54, 1.807) is 6.07 Å². The van der Waals surface area contributed by atoms with E-state index in [1.165, 1.54) is 24.3 Å². The quantitative estimate of drug-likeness (QED) is 0.649. The number of anilines is 2. The lowest BCUT2D eigenvalue weighted by molar-refractivity contribution is 0.0926. The fraction of sp³-hybridized carbons (Fsp3) is 0. The topological polar surface area (TPSA) is 63.4 Å². The van der Waals surface area contributed by atoms with Gasteiger partial charge in [-0.25, -0.2) is 9.29 Å². The van der Waals surface area contributed by atoms with Crippen LogP contribution in [0.25, 0.3) is 0 Å². The summed E-state index contributed by atoms with van der Waals surface area (Å²) in [5, 5.41) is -0.154. The Bertz CT molecular complexity index is 761. The summed E-state index contributed by atoms with van der Waals surface area (Å²) in [6.07, 6.45) is 0. The molecule has 100 valence electrons. The van der Waals surface area contributed by atoms with Crippen molar-refractivity contribution in [2.24, 2.45) is 0 Å². The number of fused-ring (bicyclic) bond motifs is 1. The Labute approximate surface area is 118 Å². The third kappa shape index (κ3) is 1.75. The van der Waals surface area contributed by atoms with Gasteiger partial charge in [0.2, 0.25) is 0 Å². The molecular formula is C14H8ClFN2O2. The summed E-state index contributed by atoms with van der Waals surface area (Å²) in [6.45, 7) is 0. The molecule has 0 bridgehead atoms. The molecule has 0 radical (unpaired) electrons. The maximum atomic E-state index is 13.2. The van der Waals surface area contributed by atoms with Crippen molar-refractivity contribution in [2.75, 3.05) is 10.6 Å². The molecule has 3 rings (SSSR count). The van der Waals surface area contributed by atoms with Crippen LogP contribution in [0, 0.1) is 5.82 Å². The Morgan fingerprint density at radius 2 is 1.70 bits per heavy atom. The first-order valence-electron chi connectivity index (χ1n) is 5.72. The van der Waals surface area contributed by atoms with Gasteiger partial charge in [0.25, 0.3) is 11.8 Å². The fourth-order valence-corrected chi connectivity index (χ4v) is 2.29. The molecule has 1 aliphatic rings. The maximum Gasteiger partial charge on any atom is 0.266 e. The zero-order valence-corrected chi connectivity index (χ0v) is 10.8. The van der Waals surface area contributed by atoms with E-state index in [2.05, 4.69) is 0 Å². The average Bonchev–Trinajstić information content (AvgIpc) is 2.65. The van der Waals surface area contributed by atoms with Gasteiger partial charge in [0.1, 0.15) is 5.82 Å².